The Morgan fingerprint density at radius 1 is 1.29 bits per heavy atom. The number of aromatic nitrogens is 3. The van der Waals surface area contributed by atoms with Gasteiger partial charge in [0.2, 0.25) is 5.91 Å². The minimum Gasteiger partial charge on any atom is -0.347 e. The number of rotatable bonds is 6. The van der Waals surface area contributed by atoms with Crippen molar-refractivity contribution in [2.45, 2.75) is 53.5 Å². The van der Waals surface area contributed by atoms with E-state index in [1.54, 1.807) is 6.20 Å². The average Bonchev–Trinajstić information content (AvgIpc) is 2.76. The molecule has 2 rings (SSSR count). The Bertz CT molecular complexity index is 718. The Morgan fingerprint density at radius 3 is 2.54 bits per heavy atom. The fourth-order valence-electron chi connectivity index (χ4n) is 3.04. The molecule has 0 unspecified atom stereocenters. The number of amides is 1. The van der Waals surface area contributed by atoms with Gasteiger partial charge in [0.15, 0.2) is 0 Å². The molecule has 0 aromatic carbocycles. The molecule has 2 aromatic rings. The molecule has 0 aliphatic heterocycles. The second kappa shape index (κ2) is 7.60. The second-order valence-corrected chi connectivity index (χ2v) is 6.77. The van der Waals surface area contributed by atoms with Gasteiger partial charge < -0.3 is 5.32 Å². The molecule has 0 fully saturated rings. The van der Waals surface area contributed by atoms with Gasteiger partial charge in [0, 0.05) is 25.4 Å². The zero-order valence-corrected chi connectivity index (χ0v) is 15.6. The molecule has 0 bridgehead atoms. The summed E-state index contributed by atoms with van der Waals surface area (Å²) in [5, 5.41) is 7.57. The number of hydrogen-bond donors (Lipinski definition) is 1. The van der Waals surface area contributed by atoms with Crippen molar-refractivity contribution in [1.82, 2.24) is 20.1 Å². The normalized spacial score (nSPS) is 12.5. The summed E-state index contributed by atoms with van der Waals surface area (Å²) in [5.74, 6) is 0.339. The van der Waals surface area contributed by atoms with Crippen LogP contribution in [0.3, 0.4) is 0 Å². The molecular formula is C19H28N4O. The molecule has 0 aliphatic carbocycles. The first kappa shape index (κ1) is 18.2. The highest BCUT2D eigenvalue weighted by atomic mass is 16.1. The fraction of sp³-hybridized carbons (Fsp3) is 0.526. The van der Waals surface area contributed by atoms with Crippen molar-refractivity contribution in [3.05, 3.63) is 46.5 Å². The van der Waals surface area contributed by atoms with Gasteiger partial charge in [-0.15, -0.1) is 0 Å². The Labute approximate surface area is 144 Å². The van der Waals surface area contributed by atoms with Crippen molar-refractivity contribution < 1.29 is 4.79 Å². The molecule has 0 spiro atoms. The van der Waals surface area contributed by atoms with Crippen LogP contribution in [0.5, 0.6) is 0 Å². The van der Waals surface area contributed by atoms with E-state index < -0.39 is 0 Å². The molecular weight excluding hydrogens is 300 g/mol. The van der Waals surface area contributed by atoms with Gasteiger partial charge in [-0.1, -0.05) is 19.9 Å². The summed E-state index contributed by atoms with van der Waals surface area (Å²) in [7, 11) is 1.94. The standard InChI is InChI=1S/C19H28N4O/c1-12(2)18(19-13(3)8-7-11-20-19)21-17(24)10-9-16-14(4)22-23(6)15(16)5/h7-8,11-12,18H,9-10H2,1-6H3,(H,21,24)/t18-/m1/s1. The maximum Gasteiger partial charge on any atom is 0.220 e. The zero-order valence-electron chi connectivity index (χ0n) is 15.6. The SMILES string of the molecule is Cc1cccnc1[C@H](NC(=O)CCc1c(C)nn(C)c1C)C(C)C. The first-order valence-corrected chi connectivity index (χ1v) is 8.51. The van der Waals surface area contributed by atoms with Crippen LogP contribution in [0.25, 0.3) is 0 Å². The molecule has 1 N–H and O–H groups in total. The van der Waals surface area contributed by atoms with Crippen molar-refractivity contribution in [2.75, 3.05) is 0 Å². The molecule has 5 heteroatoms. The van der Waals surface area contributed by atoms with Gasteiger partial charge in [0.25, 0.3) is 0 Å². The van der Waals surface area contributed by atoms with E-state index in [9.17, 15) is 4.79 Å². The summed E-state index contributed by atoms with van der Waals surface area (Å²) in [6.45, 7) is 10.3. The average molecular weight is 328 g/mol. The molecule has 2 aromatic heterocycles. The molecule has 130 valence electrons. The second-order valence-electron chi connectivity index (χ2n) is 6.77. The summed E-state index contributed by atoms with van der Waals surface area (Å²) in [6, 6.07) is 3.90. The number of nitrogens with zero attached hydrogens (tertiary/aromatic N) is 3. The third-order valence-electron chi connectivity index (χ3n) is 4.59. The van der Waals surface area contributed by atoms with E-state index in [0.29, 0.717) is 12.8 Å². The van der Waals surface area contributed by atoms with Crippen LogP contribution in [0, 0.1) is 26.7 Å². The van der Waals surface area contributed by atoms with Crippen molar-refractivity contribution in [2.24, 2.45) is 13.0 Å². The fourth-order valence-corrected chi connectivity index (χ4v) is 3.04. The maximum absolute atomic E-state index is 12.5. The van der Waals surface area contributed by atoms with Crippen LogP contribution in [0.15, 0.2) is 18.3 Å². The summed E-state index contributed by atoms with van der Waals surface area (Å²) in [6.07, 6.45) is 2.96. The number of carbonyl (C=O) groups is 1. The van der Waals surface area contributed by atoms with Gasteiger partial charge in [-0.05, 0) is 50.3 Å². The quantitative estimate of drug-likeness (QED) is 0.886. The molecule has 0 radical (unpaired) electrons. The Kier molecular flexibility index (Phi) is 5.75. The maximum atomic E-state index is 12.5. The van der Waals surface area contributed by atoms with Gasteiger partial charge in [-0.25, -0.2) is 0 Å². The number of aryl methyl sites for hydroxylation is 3. The molecule has 5 nitrogen and oxygen atoms in total. The summed E-state index contributed by atoms with van der Waals surface area (Å²) in [4.78, 5) is 17.0. The minimum absolute atomic E-state index is 0.0569. The topological polar surface area (TPSA) is 59.8 Å². The molecule has 2 heterocycles. The lowest BCUT2D eigenvalue weighted by Crippen LogP contribution is -2.33. The van der Waals surface area contributed by atoms with Crippen LogP contribution in [0.1, 0.15) is 54.5 Å². The van der Waals surface area contributed by atoms with E-state index >= 15 is 0 Å². The van der Waals surface area contributed by atoms with E-state index in [0.717, 1.165) is 22.6 Å². The van der Waals surface area contributed by atoms with Crippen LogP contribution in [-0.2, 0) is 18.3 Å². The van der Waals surface area contributed by atoms with Crippen LogP contribution >= 0.6 is 0 Å². The first-order chi connectivity index (χ1) is 11.3. The van der Waals surface area contributed by atoms with Crippen molar-refractivity contribution in [3.63, 3.8) is 0 Å². The van der Waals surface area contributed by atoms with Gasteiger partial charge in [-0.3, -0.25) is 14.5 Å². The lowest BCUT2D eigenvalue weighted by Gasteiger charge is -2.23. The smallest absolute Gasteiger partial charge is 0.220 e. The van der Waals surface area contributed by atoms with Crippen LogP contribution < -0.4 is 5.32 Å². The van der Waals surface area contributed by atoms with E-state index in [1.807, 2.05) is 44.6 Å². The first-order valence-electron chi connectivity index (χ1n) is 8.51. The zero-order chi connectivity index (χ0) is 17.9. The highest BCUT2D eigenvalue weighted by molar-refractivity contribution is 5.76. The minimum atomic E-state index is -0.0604. The third-order valence-corrected chi connectivity index (χ3v) is 4.59. The van der Waals surface area contributed by atoms with Crippen molar-refractivity contribution >= 4 is 5.91 Å². The van der Waals surface area contributed by atoms with E-state index in [1.165, 1.54) is 5.56 Å². The van der Waals surface area contributed by atoms with Crippen LogP contribution in [0.4, 0.5) is 0 Å². The predicted octanol–water partition coefficient (Wildman–Crippen LogP) is 3.19. The summed E-state index contributed by atoms with van der Waals surface area (Å²) in [5.41, 5.74) is 5.36. The van der Waals surface area contributed by atoms with Gasteiger partial charge in [0.05, 0.1) is 17.4 Å². The Hall–Kier alpha value is -2.17. The van der Waals surface area contributed by atoms with Crippen LogP contribution in [-0.4, -0.2) is 20.7 Å². The highest BCUT2D eigenvalue weighted by Gasteiger charge is 2.21. The number of nitrogens with one attached hydrogen (secondary N) is 1. The van der Waals surface area contributed by atoms with Gasteiger partial charge in [-0.2, -0.15) is 5.10 Å². The molecule has 1 atom stereocenters. The van der Waals surface area contributed by atoms with E-state index in [-0.39, 0.29) is 17.9 Å². The third kappa shape index (κ3) is 4.02. The molecule has 1 amide bonds. The van der Waals surface area contributed by atoms with Crippen molar-refractivity contribution in [3.8, 4) is 0 Å². The number of hydrogen-bond acceptors (Lipinski definition) is 3. The predicted molar refractivity (Wildman–Crippen MR) is 95.7 cm³/mol. The summed E-state index contributed by atoms with van der Waals surface area (Å²) >= 11 is 0. The summed E-state index contributed by atoms with van der Waals surface area (Å²) < 4.78 is 1.87. The lowest BCUT2D eigenvalue weighted by atomic mass is 9.97. The Morgan fingerprint density at radius 2 is 2.00 bits per heavy atom. The van der Waals surface area contributed by atoms with Gasteiger partial charge >= 0.3 is 0 Å². The van der Waals surface area contributed by atoms with Crippen molar-refractivity contribution in [1.29, 1.82) is 0 Å². The molecule has 24 heavy (non-hydrogen) atoms. The lowest BCUT2D eigenvalue weighted by molar-refractivity contribution is -0.122. The highest BCUT2D eigenvalue weighted by Crippen LogP contribution is 2.23. The number of pyridine rings is 1. The largest absolute Gasteiger partial charge is 0.347 e. The number of carbonyl (C=O) groups excluding carboxylic acids is 1. The monoisotopic (exact) mass is 328 g/mol. The molecule has 0 saturated heterocycles. The Balaban J connectivity index is 2.05. The van der Waals surface area contributed by atoms with E-state index in [4.69, 9.17) is 0 Å². The van der Waals surface area contributed by atoms with Crippen LogP contribution in [0.2, 0.25) is 0 Å². The molecule has 0 aliphatic rings. The van der Waals surface area contributed by atoms with E-state index in [2.05, 4.69) is 29.2 Å². The molecule has 0 saturated carbocycles. The van der Waals surface area contributed by atoms with Gasteiger partial charge in [0.1, 0.15) is 0 Å².